The average molecular weight is 841 g/mol. The molecular weight excluding hydrogens is 818 g/mol. The molecule has 0 spiro atoms. The Morgan fingerprint density at radius 3 is 1.04 bits per heavy atom. The van der Waals surface area contributed by atoms with Crippen LogP contribution in [0.15, 0.2) is 51.1 Å². The van der Waals surface area contributed by atoms with Crippen LogP contribution >= 0.6 is 57.8 Å². The summed E-state index contributed by atoms with van der Waals surface area (Å²) in [6.07, 6.45) is 0. The minimum Gasteiger partial charge on any atom is -1.00 e. The molecule has 0 aliphatic carbocycles. The van der Waals surface area contributed by atoms with Gasteiger partial charge in [0.05, 0.1) is 34.1 Å². The van der Waals surface area contributed by atoms with Crippen LogP contribution in [-0.4, -0.2) is 52.3 Å². The minimum atomic E-state index is -0.479. The van der Waals surface area contributed by atoms with Crippen molar-refractivity contribution in [3.8, 4) is 0 Å². The van der Waals surface area contributed by atoms with Crippen molar-refractivity contribution in [3.63, 3.8) is 0 Å². The predicted octanol–water partition coefficient (Wildman–Crippen LogP) is -1.14. The number of esters is 4. The maximum atomic E-state index is 10.9. The number of rotatable bonds is 4. The fraction of sp³-hybridized carbons (Fsp3) is 0.167. The zero-order valence-electron chi connectivity index (χ0n) is 26.2. The quantitative estimate of drug-likeness (QED) is 0.0636. The number of methoxy groups -OCH3 is 4. The molecule has 26 heteroatoms. The van der Waals surface area contributed by atoms with Gasteiger partial charge in [-0.2, -0.15) is 0 Å². The molecule has 18 nitrogen and oxygen atoms in total. The molecule has 0 aliphatic heterocycles. The van der Waals surface area contributed by atoms with E-state index in [2.05, 4.69) is 33.9 Å². The number of carbonyl (C=O) groups excluding carboxylic acids is 4. The number of nitrogens with zero attached hydrogens (tertiary/aromatic N) is 7. The number of halogens is 3. The fourth-order valence-corrected chi connectivity index (χ4v) is 5.42. The maximum absolute atomic E-state index is 10.9. The number of nitrogens with two attached hydrogens (primary N) is 1. The van der Waals surface area contributed by atoms with Crippen LogP contribution in [-0.2, 0) is 18.9 Å². The Balaban J connectivity index is -0.000000171. The molecule has 0 aromatic carbocycles. The van der Waals surface area contributed by atoms with Gasteiger partial charge in [-0.25, -0.2) is 19.2 Å². The van der Waals surface area contributed by atoms with Crippen LogP contribution in [0.3, 0.4) is 0 Å². The summed E-state index contributed by atoms with van der Waals surface area (Å²) in [6.45, 7) is 0. The van der Waals surface area contributed by atoms with E-state index in [9.17, 15) is 19.2 Å². The normalized spacial score (nSPS) is 7.86. The summed E-state index contributed by atoms with van der Waals surface area (Å²) in [5.41, 5.74) is 6.66. The summed E-state index contributed by atoms with van der Waals surface area (Å²) >= 11 is 4.82. The van der Waals surface area contributed by atoms with Gasteiger partial charge >= 0.3 is 70.5 Å². The van der Waals surface area contributed by atoms with E-state index in [1.807, 2.05) is 0 Å². The third-order valence-corrected chi connectivity index (χ3v) is 8.00. The van der Waals surface area contributed by atoms with Crippen molar-refractivity contribution >= 4 is 104 Å². The molecule has 0 saturated carbocycles. The minimum absolute atomic E-state index is 0. The fourth-order valence-electron chi connectivity index (χ4n) is 2.46. The Hall–Kier alpha value is -3.99. The number of ether oxygens (including phenoxy) is 4. The summed E-state index contributed by atoms with van der Waals surface area (Å²) in [4.78, 5) is 61.6. The average Bonchev–Trinajstić information content (AvgIpc) is 3.91. The smallest absolute Gasteiger partial charge is 1.00 e. The molecule has 0 aliphatic rings. The Morgan fingerprint density at radius 1 is 0.620 bits per heavy atom. The van der Waals surface area contributed by atoms with Crippen LogP contribution < -0.4 is 60.1 Å². The van der Waals surface area contributed by atoms with E-state index in [0.717, 1.165) is 5.34 Å². The molecule has 264 valence electrons. The van der Waals surface area contributed by atoms with E-state index in [1.54, 1.807) is 27.6 Å². The molecule has 4 heterocycles. The van der Waals surface area contributed by atoms with E-state index in [-0.39, 0.29) is 89.8 Å². The largest absolute Gasteiger partial charge is 1.00 e. The van der Waals surface area contributed by atoms with Crippen molar-refractivity contribution in [2.45, 2.75) is 0 Å². The molecule has 0 bridgehead atoms. The Bertz CT molecular complexity index is 1600. The topological polar surface area (TPSA) is 268 Å². The van der Waals surface area contributed by atoms with E-state index < -0.39 is 17.9 Å². The van der Waals surface area contributed by atoms with Crippen LogP contribution in [0.1, 0.15) is 38.7 Å². The summed E-state index contributed by atoms with van der Waals surface area (Å²) < 4.78 is 17.8. The standard InChI is InChI=1S/3C6H5N2O2S.C6H7NO2S.3ClH.HNO2.Na/c3*1-10-6(9)5-4(8-7)2-3-11-5;1-9-6(8)5-4(7)2-3-10-5;;;;2-1-3;/h3*2-3H,1H3;2-3H,7H2,1H3;3*1H;(H,2,3);/q3*+1;;;;;;+1/p-3. The monoisotopic (exact) mass is 839 g/mol. The number of anilines is 1. The van der Waals surface area contributed by atoms with Gasteiger partial charge in [0.1, 0.15) is 4.88 Å². The number of nitrogen functional groups attached to an aromatic ring is 1. The van der Waals surface area contributed by atoms with Gasteiger partial charge in [0.15, 0.2) is 14.9 Å². The van der Waals surface area contributed by atoms with Crippen molar-refractivity contribution in [2.75, 3.05) is 34.2 Å². The Kier molecular flexibility index (Phi) is 35.7. The van der Waals surface area contributed by atoms with Crippen molar-refractivity contribution in [2.24, 2.45) is 5.34 Å². The molecular formula is C24H23Cl3N8NaO10S4+. The molecule has 0 radical (unpaired) electrons. The molecule has 4 aromatic rings. The Morgan fingerprint density at radius 2 is 0.840 bits per heavy atom. The molecule has 4 rings (SSSR count). The summed E-state index contributed by atoms with van der Waals surface area (Å²) in [5.74, 6) is -1.80. The van der Waals surface area contributed by atoms with Crippen LogP contribution in [0.25, 0.3) is 14.9 Å². The number of hydrogen-bond acceptors (Lipinski definition) is 19. The van der Waals surface area contributed by atoms with Crippen LogP contribution in [0.5, 0.6) is 0 Å². The number of thiophene rings is 4. The first-order valence-corrected chi connectivity index (χ1v) is 15.0. The van der Waals surface area contributed by atoms with Gasteiger partial charge in [-0.15, -0.1) is 63.1 Å². The second-order valence-corrected chi connectivity index (χ2v) is 10.6. The zero-order valence-corrected chi connectivity index (χ0v) is 33.8. The van der Waals surface area contributed by atoms with Crippen molar-refractivity contribution in [1.82, 2.24) is 0 Å². The van der Waals surface area contributed by atoms with Crippen LogP contribution in [0.4, 0.5) is 22.7 Å². The van der Waals surface area contributed by atoms with Crippen LogP contribution in [0, 0.1) is 26.3 Å². The molecule has 0 saturated heterocycles. The predicted molar refractivity (Wildman–Crippen MR) is 178 cm³/mol. The van der Waals surface area contributed by atoms with Gasteiger partial charge in [0, 0.05) is 18.2 Å². The van der Waals surface area contributed by atoms with Crippen molar-refractivity contribution in [1.29, 1.82) is 16.2 Å². The van der Waals surface area contributed by atoms with Crippen molar-refractivity contribution in [3.05, 3.63) is 90.3 Å². The SMILES string of the molecule is COC(=O)c1sccc1N.COC(=O)c1sccc1[N+]#N.COC(=O)c1sccc1[N+]#N.COC(=O)c1sccc1[N+]#N.Cl.O=N[O-].[Cl-].[Cl-].[Na+]. The second-order valence-electron chi connectivity index (χ2n) is 6.95. The maximum Gasteiger partial charge on any atom is 1.00 e. The zero-order chi connectivity index (χ0) is 35.1. The van der Waals surface area contributed by atoms with Gasteiger partial charge in [-0.1, -0.05) is 0 Å². The number of carbonyl (C=O) groups is 4. The third-order valence-electron chi connectivity index (χ3n) is 4.44. The van der Waals surface area contributed by atoms with E-state index in [1.165, 1.54) is 92.0 Å². The molecule has 2 N–H and O–H groups in total. The number of hydrogen-bond donors (Lipinski definition) is 1. The summed E-state index contributed by atoms with van der Waals surface area (Å²) in [6, 6.07) is 6.29. The van der Waals surface area contributed by atoms with Gasteiger partial charge in [-0.05, 0) is 27.6 Å². The molecule has 0 unspecified atom stereocenters. The van der Waals surface area contributed by atoms with Crippen LogP contribution in [0.2, 0.25) is 0 Å². The molecule has 4 aromatic heterocycles. The van der Waals surface area contributed by atoms with Gasteiger partial charge < -0.3 is 59.6 Å². The summed E-state index contributed by atoms with van der Waals surface area (Å²) in [7, 11) is 5.18. The first-order valence-electron chi connectivity index (χ1n) is 11.4. The van der Waals surface area contributed by atoms with E-state index in [0.29, 0.717) is 25.2 Å². The third kappa shape index (κ3) is 18.7. The molecule has 0 atom stereocenters. The van der Waals surface area contributed by atoms with Crippen molar-refractivity contribution < 1.29 is 92.5 Å². The van der Waals surface area contributed by atoms with Gasteiger partial charge in [-0.3, -0.25) is 0 Å². The van der Waals surface area contributed by atoms with Gasteiger partial charge in [0.25, 0.3) is 0 Å². The number of diazo groups is 3. The molecule has 0 fully saturated rings. The summed E-state index contributed by atoms with van der Waals surface area (Å²) in [5, 5.41) is 40.8. The first kappa shape index (κ1) is 55.4. The second kappa shape index (κ2) is 32.2. The molecule has 0 amide bonds. The Labute approximate surface area is 340 Å². The molecule has 50 heavy (non-hydrogen) atoms. The first-order chi connectivity index (χ1) is 22.0. The van der Waals surface area contributed by atoms with E-state index >= 15 is 0 Å². The van der Waals surface area contributed by atoms with E-state index in [4.69, 9.17) is 32.0 Å². The van der Waals surface area contributed by atoms with Gasteiger partial charge in [0.2, 0.25) is 30.8 Å².